The van der Waals surface area contributed by atoms with Gasteiger partial charge in [0.1, 0.15) is 6.04 Å². The van der Waals surface area contributed by atoms with Crippen LogP contribution in [0, 0.1) is 5.92 Å². The van der Waals surface area contributed by atoms with Gasteiger partial charge in [0.15, 0.2) is 0 Å². The van der Waals surface area contributed by atoms with E-state index in [1.165, 1.54) is 0 Å². The molecule has 2 atom stereocenters. The Kier molecular flexibility index (Phi) is 6.90. The molecule has 0 radical (unpaired) electrons. The first-order valence-corrected chi connectivity index (χ1v) is 12.8. The second kappa shape index (κ2) is 10.4. The van der Waals surface area contributed by atoms with Crippen LogP contribution in [0.25, 0.3) is 10.9 Å². The number of hydrogen-bond acceptors (Lipinski definition) is 2. The highest BCUT2D eigenvalue weighted by Gasteiger charge is 2.34. The number of fused-ring (bicyclic) bond motifs is 3. The first-order chi connectivity index (χ1) is 17.6. The number of benzene rings is 3. The number of aromatic nitrogens is 1. The number of carboxylic acids is 1. The molecule has 1 aliphatic rings. The normalized spacial score (nSPS) is 15.9. The van der Waals surface area contributed by atoms with Gasteiger partial charge < -0.3 is 14.6 Å². The lowest BCUT2D eigenvalue weighted by molar-refractivity contribution is -0.141. The van der Waals surface area contributed by atoms with Gasteiger partial charge in [-0.15, -0.1) is 0 Å². The average molecular weight is 481 g/mol. The van der Waals surface area contributed by atoms with Crippen molar-refractivity contribution in [1.29, 1.82) is 0 Å². The van der Waals surface area contributed by atoms with Crippen LogP contribution in [0.5, 0.6) is 0 Å². The molecule has 36 heavy (non-hydrogen) atoms. The fraction of sp³-hybridized carbons (Fsp3) is 0.290. The highest BCUT2D eigenvalue weighted by atomic mass is 16.4. The van der Waals surface area contributed by atoms with Crippen LogP contribution in [-0.2, 0) is 35.5 Å². The lowest BCUT2D eigenvalue weighted by atomic mass is 9.85. The molecule has 2 unspecified atom stereocenters. The van der Waals surface area contributed by atoms with Gasteiger partial charge in [-0.05, 0) is 48.4 Å². The van der Waals surface area contributed by atoms with Crippen LogP contribution in [0.2, 0.25) is 0 Å². The Morgan fingerprint density at radius 3 is 2.08 bits per heavy atom. The molecule has 0 bridgehead atoms. The smallest absolute Gasteiger partial charge is 0.326 e. The van der Waals surface area contributed by atoms with E-state index in [0.717, 1.165) is 39.7 Å². The molecule has 0 aliphatic heterocycles. The van der Waals surface area contributed by atoms with E-state index in [2.05, 4.69) is 30.3 Å². The van der Waals surface area contributed by atoms with Crippen LogP contribution < -0.4 is 0 Å². The van der Waals surface area contributed by atoms with E-state index in [0.29, 0.717) is 32.4 Å². The predicted octanol–water partition coefficient (Wildman–Crippen LogP) is 6.01. The maximum atomic E-state index is 14.0. The molecule has 0 saturated carbocycles. The standard InChI is InChI=1S/C31H32N2O3/c1-2-27(31(35)36)33-28-16-10-9-15-25(28)26-19-24(17-18-29(26)33)30(34)32(20-22-11-5-3-6-12-22)21-23-13-7-4-8-14-23/h3-16,24,27H,2,17-21H2,1H3,(H,35,36). The summed E-state index contributed by atoms with van der Waals surface area (Å²) in [5.74, 6) is -0.777. The Hall–Kier alpha value is -3.86. The molecular weight excluding hydrogens is 448 g/mol. The first-order valence-electron chi connectivity index (χ1n) is 12.8. The van der Waals surface area contributed by atoms with Gasteiger partial charge in [0, 0.05) is 35.6 Å². The number of carbonyl (C=O) groups is 2. The zero-order valence-corrected chi connectivity index (χ0v) is 20.6. The van der Waals surface area contributed by atoms with Crippen molar-refractivity contribution in [2.75, 3.05) is 0 Å². The van der Waals surface area contributed by atoms with Crippen LogP contribution in [0.15, 0.2) is 84.9 Å². The summed E-state index contributed by atoms with van der Waals surface area (Å²) in [6.45, 7) is 3.05. The van der Waals surface area contributed by atoms with Gasteiger partial charge in [0.25, 0.3) is 0 Å². The van der Waals surface area contributed by atoms with Gasteiger partial charge in [-0.25, -0.2) is 4.79 Å². The summed E-state index contributed by atoms with van der Waals surface area (Å²) in [4.78, 5) is 28.0. The Balaban J connectivity index is 1.47. The van der Waals surface area contributed by atoms with Crippen LogP contribution in [0.4, 0.5) is 0 Å². The monoisotopic (exact) mass is 480 g/mol. The lowest BCUT2D eigenvalue weighted by Crippen LogP contribution is -2.38. The van der Waals surface area contributed by atoms with E-state index in [1.54, 1.807) is 0 Å². The molecule has 0 saturated heterocycles. The third-order valence-electron chi connectivity index (χ3n) is 7.38. The van der Waals surface area contributed by atoms with E-state index in [9.17, 15) is 14.7 Å². The van der Waals surface area contributed by atoms with Crippen molar-refractivity contribution in [3.8, 4) is 0 Å². The molecule has 5 rings (SSSR count). The van der Waals surface area contributed by atoms with Crippen molar-refractivity contribution in [3.63, 3.8) is 0 Å². The van der Waals surface area contributed by atoms with Crippen molar-refractivity contribution in [3.05, 3.63) is 107 Å². The Morgan fingerprint density at radius 2 is 1.50 bits per heavy atom. The fourth-order valence-electron chi connectivity index (χ4n) is 5.66. The molecule has 1 amide bonds. The second-order valence-electron chi connectivity index (χ2n) is 9.68. The second-order valence-corrected chi connectivity index (χ2v) is 9.68. The van der Waals surface area contributed by atoms with Crippen molar-refractivity contribution in [2.45, 2.75) is 51.7 Å². The summed E-state index contributed by atoms with van der Waals surface area (Å²) in [5, 5.41) is 11.0. The highest BCUT2D eigenvalue weighted by molar-refractivity contribution is 5.89. The minimum Gasteiger partial charge on any atom is -0.480 e. The number of para-hydroxylation sites is 1. The van der Waals surface area contributed by atoms with Gasteiger partial charge in [0.2, 0.25) is 5.91 Å². The summed E-state index contributed by atoms with van der Waals surface area (Å²) in [7, 11) is 0. The molecule has 1 N–H and O–H groups in total. The maximum absolute atomic E-state index is 14.0. The van der Waals surface area contributed by atoms with Gasteiger partial charge in [-0.2, -0.15) is 0 Å². The van der Waals surface area contributed by atoms with Crippen LogP contribution in [-0.4, -0.2) is 26.5 Å². The summed E-state index contributed by atoms with van der Waals surface area (Å²) < 4.78 is 2.01. The molecule has 1 heterocycles. The molecule has 3 aromatic carbocycles. The van der Waals surface area contributed by atoms with Gasteiger partial charge in [-0.3, -0.25) is 4.79 Å². The van der Waals surface area contributed by atoms with Crippen molar-refractivity contribution in [2.24, 2.45) is 5.92 Å². The Bertz CT molecular complexity index is 1320. The molecule has 0 fully saturated rings. The molecule has 4 aromatic rings. The zero-order chi connectivity index (χ0) is 25.1. The summed E-state index contributed by atoms with van der Waals surface area (Å²) >= 11 is 0. The largest absolute Gasteiger partial charge is 0.480 e. The third-order valence-corrected chi connectivity index (χ3v) is 7.38. The minimum atomic E-state index is -0.809. The molecule has 184 valence electrons. The number of amides is 1. The lowest BCUT2D eigenvalue weighted by Gasteiger charge is -2.31. The van der Waals surface area contributed by atoms with Gasteiger partial charge >= 0.3 is 5.97 Å². The van der Waals surface area contributed by atoms with Crippen molar-refractivity contribution >= 4 is 22.8 Å². The van der Waals surface area contributed by atoms with E-state index >= 15 is 0 Å². The maximum Gasteiger partial charge on any atom is 0.326 e. The van der Waals surface area contributed by atoms with E-state index in [1.807, 2.05) is 71.0 Å². The van der Waals surface area contributed by atoms with Gasteiger partial charge in [0.05, 0.1) is 0 Å². The number of carboxylic acid groups (broad SMARTS) is 1. The Morgan fingerprint density at radius 1 is 0.917 bits per heavy atom. The van der Waals surface area contributed by atoms with Crippen molar-refractivity contribution in [1.82, 2.24) is 9.47 Å². The van der Waals surface area contributed by atoms with E-state index in [4.69, 9.17) is 0 Å². The van der Waals surface area contributed by atoms with Crippen LogP contribution in [0.1, 0.15) is 48.2 Å². The number of hydrogen-bond donors (Lipinski definition) is 1. The van der Waals surface area contributed by atoms with Gasteiger partial charge in [-0.1, -0.05) is 85.8 Å². The number of aliphatic carboxylic acids is 1. The predicted molar refractivity (Wildman–Crippen MR) is 142 cm³/mol. The van der Waals surface area contributed by atoms with Crippen molar-refractivity contribution < 1.29 is 14.7 Å². The molecule has 1 aromatic heterocycles. The molecular formula is C31H32N2O3. The zero-order valence-electron chi connectivity index (χ0n) is 20.6. The molecule has 5 nitrogen and oxygen atoms in total. The van der Waals surface area contributed by atoms with Crippen LogP contribution >= 0.6 is 0 Å². The molecule has 1 aliphatic carbocycles. The summed E-state index contributed by atoms with van der Waals surface area (Å²) in [6, 6.07) is 27.7. The third kappa shape index (κ3) is 4.66. The SMILES string of the molecule is CCC(C(=O)O)n1c2c(c3ccccc31)CC(C(=O)N(Cc1ccccc1)Cc1ccccc1)CC2. The topological polar surface area (TPSA) is 62.5 Å². The highest BCUT2D eigenvalue weighted by Crippen LogP contribution is 2.38. The molecule has 5 heteroatoms. The van der Waals surface area contributed by atoms with Crippen LogP contribution in [0.3, 0.4) is 0 Å². The van der Waals surface area contributed by atoms with E-state index in [-0.39, 0.29) is 11.8 Å². The minimum absolute atomic E-state index is 0.130. The first kappa shape index (κ1) is 23.9. The number of nitrogens with zero attached hydrogens (tertiary/aromatic N) is 2. The molecule has 0 spiro atoms. The Labute approximate surface area is 212 Å². The number of carbonyl (C=O) groups excluding carboxylic acids is 1. The summed E-state index contributed by atoms with van der Waals surface area (Å²) in [6.07, 6.45) is 2.58. The van der Waals surface area contributed by atoms with E-state index < -0.39 is 12.0 Å². The summed E-state index contributed by atoms with van der Waals surface area (Å²) in [5.41, 5.74) is 5.39. The average Bonchev–Trinajstić information content (AvgIpc) is 3.23. The quantitative estimate of drug-likeness (QED) is 0.336. The fourth-order valence-corrected chi connectivity index (χ4v) is 5.66. The number of rotatable bonds is 8.